The van der Waals surface area contributed by atoms with Gasteiger partial charge in [-0.05, 0) is 0 Å². The summed E-state index contributed by atoms with van der Waals surface area (Å²) in [7, 11) is -5.32. The molecular weight excluding hydrogens is 147 g/mol. The van der Waals surface area contributed by atoms with Crippen LogP contribution in [0.3, 0.4) is 0 Å². The maximum absolute atomic E-state index is 9.20. The van der Waals surface area contributed by atoms with Crippen LogP contribution < -0.4 is 9.79 Å². The van der Waals surface area contributed by atoms with Gasteiger partial charge >= 0.3 is 28.8 Å². The quantitative estimate of drug-likeness (QED) is 0.349. The summed E-state index contributed by atoms with van der Waals surface area (Å²) < 4.78 is 9.20. The van der Waals surface area contributed by atoms with E-state index < -0.39 is 13.3 Å². The van der Waals surface area contributed by atoms with Gasteiger partial charge in [0, 0.05) is 7.60 Å². The Bertz CT molecular complexity index is 124. The first kappa shape index (κ1) is 11.2. The number of rotatable bonds is 1. The van der Waals surface area contributed by atoms with E-state index in [1.165, 1.54) is 0 Å². The molecule has 0 saturated heterocycles. The molecule has 0 spiro atoms. The summed E-state index contributed by atoms with van der Waals surface area (Å²) in [5.41, 5.74) is -2.31. The summed E-state index contributed by atoms with van der Waals surface area (Å²) in [5, 5.41) is 7.36. The molecule has 0 amide bonds. The molecule has 1 N–H and O–H groups in total. The number of carbonyl (C=O) groups is 1. The van der Waals surface area contributed by atoms with Gasteiger partial charge in [-0.1, -0.05) is 0 Å². The standard InChI is InChI=1S/CH3O5P.Mg/c2-1(3)7(4,5)6;/h(H,2,3)(H2,4,5,6);/q;+2/p-2. The van der Waals surface area contributed by atoms with Gasteiger partial charge in [0.1, 0.15) is 0 Å². The minimum Gasteiger partial charge on any atom is -0.803 e. The van der Waals surface area contributed by atoms with E-state index in [9.17, 15) is 14.4 Å². The van der Waals surface area contributed by atoms with E-state index in [4.69, 9.17) is 9.90 Å². The van der Waals surface area contributed by atoms with Crippen LogP contribution in [-0.2, 0) is 4.57 Å². The third kappa shape index (κ3) is 4.54. The van der Waals surface area contributed by atoms with E-state index in [1.54, 1.807) is 0 Å². The molecule has 0 heterocycles. The van der Waals surface area contributed by atoms with Gasteiger partial charge in [-0.25, -0.2) is 4.79 Å². The number of hydrogen-bond acceptors (Lipinski definition) is 4. The van der Waals surface area contributed by atoms with Gasteiger partial charge in [0.2, 0.25) is 0 Å². The Morgan fingerprint density at radius 1 is 1.50 bits per heavy atom. The van der Waals surface area contributed by atoms with Gasteiger partial charge < -0.3 is 19.5 Å². The zero-order valence-corrected chi connectivity index (χ0v) is 6.04. The summed E-state index contributed by atoms with van der Waals surface area (Å²) in [4.78, 5) is 27.5. The molecule has 0 bridgehead atoms. The Morgan fingerprint density at radius 2 is 1.62 bits per heavy atom. The van der Waals surface area contributed by atoms with Crippen LogP contribution in [0.25, 0.3) is 0 Å². The van der Waals surface area contributed by atoms with Crippen LogP contribution in [0.2, 0.25) is 0 Å². The van der Waals surface area contributed by atoms with Crippen molar-refractivity contribution in [2.75, 3.05) is 0 Å². The normalized spacial score (nSPS) is 9.75. The van der Waals surface area contributed by atoms with E-state index in [1.807, 2.05) is 0 Å². The van der Waals surface area contributed by atoms with Crippen molar-refractivity contribution in [2.24, 2.45) is 0 Å². The van der Waals surface area contributed by atoms with E-state index >= 15 is 0 Å². The predicted molar refractivity (Wildman–Crippen MR) is 21.4 cm³/mol. The second-order valence-corrected chi connectivity index (χ2v) is 2.16. The van der Waals surface area contributed by atoms with E-state index in [2.05, 4.69) is 0 Å². The number of hydrogen-bond donors (Lipinski definition) is 1. The van der Waals surface area contributed by atoms with Crippen molar-refractivity contribution < 1.29 is 24.3 Å². The fourth-order valence-corrected chi connectivity index (χ4v) is 0. The Morgan fingerprint density at radius 3 is 1.62 bits per heavy atom. The van der Waals surface area contributed by atoms with Crippen LogP contribution in [0.1, 0.15) is 0 Å². The molecule has 7 heteroatoms. The third-order valence-electron chi connectivity index (χ3n) is 0.234. The summed E-state index contributed by atoms with van der Waals surface area (Å²) >= 11 is 0. The zero-order valence-electron chi connectivity index (χ0n) is 3.73. The Kier molecular flexibility index (Phi) is 4.79. The van der Waals surface area contributed by atoms with Crippen LogP contribution in [0.4, 0.5) is 4.79 Å². The molecule has 42 valence electrons. The summed E-state index contributed by atoms with van der Waals surface area (Å²) in [6.45, 7) is 0. The van der Waals surface area contributed by atoms with Crippen molar-refractivity contribution in [3.63, 3.8) is 0 Å². The van der Waals surface area contributed by atoms with Crippen LogP contribution >= 0.6 is 7.60 Å². The molecule has 0 aromatic heterocycles. The molecule has 0 aromatic rings. The summed E-state index contributed by atoms with van der Waals surface area (Å²) in [5.74, 6) is 0. The first-order valence-corrected chi connectivity index (χ1v) is 2.74. The molecule has 0 unspecified atom stereocenters. The monoisotopic (exact) mass is 148 g/mol. The molecule has 0 aromatic carbocycles. The van der Waals surface area contributed by atoms with Crippen molar-refractivity contribution >= 4 is 36.4 Å². The van der Waals surface area contributed by atoms with Crippen LogP contribution in [0.15, 0.2) is 0 Å². The van der Waals surface area contributed by atoms with Gasteiger partial charge in [-0.15, -0.1) is 0 Å². The van der Waals surface area contributed by atoms with Crippen molar-refractivity contribution in [1.29, 1.82) is 0 Å². The Labute approximate surface area is 61.0 Å². The molecule has 0 fully saturated rings. The van der Waals surface area contributed by atoms with Gasteiger partial charge in [0.15, 0.2) is 0 Å². The fourth-order valence-electron chi connectivity index (χ4n) is 0. The second kappa shape index (κ2) is 3.42. The zero-order chi connectivity index (χ0) is 6.08. The van der Waals surface area contributed by atoms with E-state index in [-0.39, 0.29) is 23.1 Å². The van der Waals surface area contributed by atoms with Crippen LogP contribution in [0.5, 0.6) is 0 Å². The van der Waals surface area contributed by atoms with Crippen molar-refractivity contribution in [2.45, 2.75) is 0 Å². The smallest absolute Gasteiger partial charge is 0.803 e. The molecule has 0 aliphatic carbocycles. The van der Waals surface area contributed by atoms with Crippen LogP contribution in [-0.4, -0.2) is 33.9 Å². The summed E-state index contributed by atoms with van der Waals surface area (Å²) in [6, 6.07) is 0. The second-order valence-electron chi connectivity index (χ2n) is 0.780. The van der Waals surface area contributed by atoms with Gasteiger partial charge in [-0.2, -0.15) is 0 Å². The summed E-state index contributed by atoms with van der Waals surface area (Å²) in [6.07, 6.45) is 0. The molecule has 5 nitrogen and oxygen atoms in total. The molecule has 0 saturated carbocycles. The van der Waals surface area contributed by atoms with Gasteiger partial charge in [0.25, 0.3) is 0 Å². The van der Waals surface area contributed by atoms with Crippen molar-refractivity contribution in [1.82, 2.24) is 0 Å². The minimum absolute atomic E-state index is 0. The molecule has 8 heavy (non-hydrogen) atoms. The molecule has 0 radical (unpaired) electrons. The van der Waals surface area contributed by atoms with Gasteiger partial charge in [0.05, 0.1) is 0 Å². The van der Waals surface area contributed by atoms with Crippen LogP contribution in [0, 0.1) is 0 Å². The van der Waals surface area contributed by atoms with E-state index in [0.717, 1.165) is 0 Å². The average Bonchev–Trinajstić information content (AvgIpc) is 1.31. The SMILES string of the molecule is O=C(O)P(=O)([O-])[O-].[Mg+2]. The molecule has 0 aliphatic rings. The average molecular weight is 148 g/mol. The third-order valence-corrected chi connectivity index (χ3v) is 0.703. The molecular formula is CHMgO5P. The fraction of sp³-hybridized carbons (Fsp3) is 0. The number of carboxylic acid groups (broad SMARTS) is 1. The van der Waals surface area contributed by atoms with Crippen molar-refractivity contribution in [3.8, 4) is 0 Å². The topological polar surface area (TPSA) is 100 Å². The van der Waals surface area contributed by atoms with Crippen molar-refractivity contribution in [3.05, 3.63) is 0 Å². The first-order chi connectivity index (χ1) is 2.94. The Balaban J connectivity index is 0. The predicted octanol–water partition coefficient (Wildman–Crippen LogP) is -1.80. The first-order valence-electron chi connectivity index (χ1n) is 1.20. The maximum Gasteiger partial charge on any atom is 2.00 e. The Hall–Kier alpha value is 0.386. The largest absolute Gasteiger partial charge is 2.00 e. The molecule has 0 rings (SSSR count). The molecule has 0 aliphatic heterocycles. The minimum atomic E-state index is -5.32. The van der Waals surface area contributed by atoms with E-state index in [0.29, 0.717) is 0 Å². The molecule has 0 atom stereocenters. The van der Waals surface area contributed by atoms with Gasteiger partial charge in [-0.3, -0.25) is 0 Å². The maximum atomic E-state index is 9.20.